The van der Waals surface area contributed by atoms with Crippen LogP contribution in [-0.4, -0.2) is 57.7 Å². The van der Waals surface area contributed by atoms with Crippen LogP contribution in [-0.2, 0) is 9.47 Å². The first-order valence-electron chi connectivity index (χ1n) is 7.15. The Balaban J connectivity index is 1.95. The zero-order chi connectivity index (χ0) is 14.7. The molecule has 0 atom stereocenters. The number of anilines is 2. The SMILES string of the molecule is O=Nc1c(O)cc(N2CCOCC2)cc1N1CCOCC1. The summed E-state index contributed by atoms with van der Waals surface area (Å²) in [5, 5.41) is 13.1. The summed E-state index contributed by atoms with van der Waals surface area (Å²) < 4.78 is 10.7. The number of nitrogens with zero attached hydrogens (tertiary/aromatic N) is 3. The largest absolute Gasteiger partial charge is 0.505 e. The van der Waals surface area contributed by atoms with Crippen molar-refractivity contribution in [2.75, 3.05) is 62.4 Å². The van der Waals surface area contributed by atoms with E-state index in [2.05, 4.69) is 10.1 Å². The fourth-order valence-electron chi connectivity index (χ4n) is 2.73. The molecule has 0 radical (unpaired) electrons. The van der Waals surface area contributed by atoms with Gasteiger partial charge in [-0.25, -0.2) is 0 Å². The second-order valence-electron chi connectivity index (χ2n) is 5.12. The highest BCUT2D eigenvalue weighted by Crippen LogP contribution is 2.41. The summed E-state index contributed by atoms with van der Waals surface area (Å²) >= 11 is 0. The van der Waals surface area contributed by atoms with E-state index in [-0.39, 0.29) is 11.4 Å². The van der Waals surface area contributed by atoms with E-state index in [1.165, 1.54) is 0 Å². The molecule has 0 amide bonds. The Morgan fingerprint density at radius 1 is 0.952 bits per heavy atom. The van der Waals surface area contributed by atoms with Crippen molar-refractivity contribution in [3.8, 4) is 5.75 Å². The Labute approximate surface area is 123 Å². The summed E-state index contributed by atoms with van der Waals surface area (Å²) in [6.07, 6.45) is 0. The second-order valence-corrected chi connectivity index (χ2v) is 5.12. The van der Waals surface area contributed by atoms with Crippen molar-refractivity contribution in [3.05, 3.63) is 17.0 Å². The Bertz CT molecular complexity index is 511. The van der Waals surface area contributed by atoms with E-state index >= 15 is 0 Å². The highest BCUT2D eigenvalue weighted by molar-refractivity contribution is 5.79. The van der Waals surface area contributed by atoms with Crippen LogP contribution in [0.25, 0.3) is 0 Å². The number of phenolic OH excluding ortho intramolecular Hbond substituents is 1. The lowest BCUT2D eigenvalue weighted by molar-refractivity contribution is 0.122. The van der Waals surface area contributed by atoms with Gasteiger partial charge < -0.3 is 24.4 Å². The van der Waals surface area contributed by atoms with Crippen LogP contribution in [0.3, 0.4) is 0 Å². The molecule has 1 aromatic rings. The molecule has 7 heteroatoms. The molecule has 2 saturated heterocycles. The van der Waals surface area contributed by atoms with E-state index < -0.39 is 0 Å². The Morgan fingerprint density at radius 2 is 1.52 bits per heavy atom. The third-order valence-electron chi connectivity index (χ3n) is 3.87. The van der Waals surface area contributed by atoms with Crippen LogP contribution in [0.15, 0.2) is 17.3 Å². The maximum atomic E-state index is 11.1. The minimum Gasteiger partial charge on any atom is -0.505 e. The lowest BCUT2D eigenvalue weighted by Crippen LogP contribution is -2.37. The molecule has 2 heterocycles. The number of ether oxygens (including phenoxy) is 2. The lowest BCUT2D eigenvalue weighted by Gasteiger charge is -2.33. The number of aromatic hydroxyl groups is 1. The van der Waals surface area contributed by atoms with Crippen LogP contribution < -0.4 is 9.80 Å². The molecule has 0 saturated carbocycles. The van der Waals surface area contributed by atoms with Gasteiger partial charge in [-0.2, -0.15) is 0 Å². The van der Waals surface area contributed by atoms with Crippen LogP contribution in [0, 0.1) is 4.91 Å². The van der Waals surface area contributed by atoms with E-state index in [4.69, 9.17) is 9.47 Å². The van der Waals surface area contributed by atoms with Crippen LogP contribution in [0.4, 0.5) is 17.1 Å². The summed E-state index contributed by atoms with van der Waals surface area (Å²) in [7, 11) is 0. The summed E-state index contributed by atoms with van der Waals surface area (Å²) in [4.78, 5) is 15.2. The molecular weight excluding hydrogens is 274 g/mol. The summed E-state index contributed by atoms with van der Waals surface area (Å²) in [6.45, 7) is 5.49. The Morgan fingerprint density at radius 3 is 2.10 bits per heavy atom. The fourth-order valence-corrected chi connectivity index (χ4v) is 2.73. The van der Waals surface area contributed by atoms with Gasteiger partial charge in [-0.05, 0) is 11.2 Å². The fraction of sp³-hybridized carbons (Fsp3) is 0.571. The minimum absolute atomic E-state index is 0.0736. The lowest BCUT2D eigenvalue weighted by atomic mass is 10.1. The Hall–Kier alpha value is -1.86. The minimum atomic E-state index is -0.0736. The molecule has 0 unspecified atom stereocenters. The molecule has 114 valence electrons. The molecule has 0 aromatic heterocycles. The van der Waals surface area contributed by atoms with Gasteiger partial charge in [0.15, 0.2) is 5.69 Å². The normalized spacial score (nSPS) is 19.6. The van der Waals surface area contributed by atoms with Crippen LogP contribution in [0.5, 0.6) is 5.75 Å². The average molecular weight is 293 g/mol. The number of nitroso groups, excluding NO2 is 1. The van der Waals surface area contributed by atoms with Crippen molar-refractivity contribution >= 4 is 17.1 Å². The molecule has 2 aliphatic rings. The van der Waals surface area contributed by atoms with E-state index in [1.54, 1.807) is 6.07 Å². The maximum Gasteiger partial charge on any atom is 0.172 e. The molecule has 3 rings (SSSR count). The van der Waals surface area contributed by atoms with Crippen LogP contribution in [0.2, 0.25) is 0 Å². The average Bonchev–Trinajstić information content (AvgIpc) is 2.55. The predicted molar refractivity (Wildman–Crippen MR) is 79.6 cm³/mol. The van der Waals surface area contributed by atoms with Crippen LogP contribution >= 0.6 is 0 Å². The number of hydrogen-bond acceptors (Lipinski definition) is 7. The zero-order valence-corrected chi connectivity index (χ0v) is 11.8. The van der Waals surface area contributed by atoms with Gasteiger partial charge in [-0.15, -0.1) is 4.91 Å². The monoisotopic (exact) mass is 293 g/mol. The number of benzene rings is 1. The first-order valence-corrected chi connectivity index (χ1v) is 7.15. The maximum absolute atomic E-state index is 11.1. The summed E-state index contributed by atoms with van der Waals surface area (Å²) in [6, 6.07) is 3.53. The first kappa shape index (κ1) is 14.1. The molecule has 1 N–H and O–H groups in total. The van der Waals surface area contributed by atoms with Gasteiger partial charge in [-0.3, -0.25) is 0 Å². The van der Waals surface area contributed by atoms with Crippen molar-refractivity contribution in [3.63, 3.8) is 0 Å². The van der Waals surface area contributed by atoms with Gasteiger partial charge in [-0.1, -0.05) is 0 Å². The molecule has 0 spiro atoms. The molecule has 1 aromatic carbocycles. The zero-order valence-electron chi connectivity index (χ0n) is 11.8. The molecule has 21 heavy (non-hydrogen) atoms. The van der Waals surface area contributed by atoms with E-state index in [9.17, 15) is 10.0 Å². The highest BCUT2D eigenvalue weighted by atomic mass is 16.5. The molecule has 2 aliphatic heterocycles. The molecule has 2 fully saturated rings. The van der Waals surface area contributed by atoms with Crippen molar-refractivity contribution in [1.29, 1.82) is 0 Å². The van der Waals surface area contributed by atoms with Gasteiger partial charge in [0.1, 0.15) is 5.75 Å². The number of hydrogen-bond donors (Lipinski definition) is 1. The molecule has 0 aliphatic carbocycles. The highest BCUT2D eigenvalue weighted by Gasteiger charge is 2.21. The van der Waals surface area contributed by atoms with E-state index in [0.717, 1.165) is 18.8 Å². The molecule has 7 nitrogen and oxygen atoms in total. The first-order chi connectivity index (χ1) is 10.3. The number of rotatable bonds is 3. The quantitative estimate of drug-likeness (QED) is 0.851. The summed E-state index contributed by atoms with van der Waals surface area (Å²) in [5.41, 5.74) is 1.67. The van der Waals surface area contributed by atoms with Crippen LogP contribution in [0.1, 0.15) is 0 Å². The van der Waals surface area contributed by atoms with Crippen molar-refractivity contribution in [1.82, 2.24) is 0 Å². The number of morpholine rings is 2. The smallest absolute Gasteiger partial charge is 0.172 e. The summed E-state index contributed by atoms with van der Waals surface area (Å²) in [5.74, 6) is -0.0736. The molecular formula is C14H19N3O4. The standard InChI is InChI=1S/C14H19N3O4/c18-13-10-11(16-1-5-20-6-2-16)9-12(14(13)15-19)17-3-7-21-8-4-17/h9-10,18H,1-8H2. The van der Waals surface area contributed by atoms with Crippen molar-refractivity contribution < 1.29 is 14.6 Å². The third kappa shape index (κ3) is 2.93. The van der Waals surface area contributed by atoms with Gasteiger partial charge in [0.05, 0.1) is 32.1 Å². The van der Waals surface area contributed by atoms with Gasteiger partial charge in [0.25, 0.3) is 0 Å². The van der Waals surface area contributed by atoms with Gasteiger partial charge in [0, 0.05) is 37.9 Å². The van der Waals surface area contributed by atoms with Gasteiger partial charge >= 0.3 is 0 Å². The van der Waals surface area contributed by atoms with E-state index in [0.29, 0.717) is 45.2 Å². The van der Waals surface area contributed by atoms with Crippen molar-refractivity contribution in [2.24, 2.45) is 5.18 Å². The topological polar surface area (TPSA) is 74.6 Å². The second kappa shape index (κ2) is 6.28. The molecule has 0 bridgehead atoms. The number of phenols is 1. The third-order valence-corrected chi connectivity index (χ3v) is 3.87. The van der Waals surface area contributed by atoms with E-state index in [1.807, 2.05) is 11.0 Å². The predicted octanol–water partition coefficient (Wildman–Crippen LogP) is 1.46. The van der Waals surface area contributed by atoms with Gasteiger partial charge in [0.2, 0.25) is 0 Å². The van der Waals surface area contributed by atoms with Crippen molar-refractivity contribution in [2.45, 2.75) is 0 Å². The Kier molecular flexibility index (Phi) is 4.21.